The first-order valence-electron chi connectivity index (χ1n) is 11.6. The first-order valence-corrected chi connectivity index (χ1v) is 11.6. The molecule has 0 aliphatic heterocycles. The SMILES string of the molecule is CC(=O)O[C@H](c1ccccc1)[C@H](O/C=C/C=C1\CCC[C@@H]1c1ccccc1)c1ccccc1. The average molecular weight is 439 g/mol. The molecule has 1 saturated carbocycles. The third-order valence-electron chi connectivity index (χ3n) is 6.05. The van der Waals surface area contributed by atoms with Crippen LogP contribution in [0.3, 0.4) is 0 Å². The number of hydrogen-bond donors (Lipinski definition) is 0. The van der Waals surface area contributed by atoms with Crippen molar-refractivity contribution in [1.29, 1.82) is 0 Å². The molecule has 1 aliphatic rings. The Hall–Kier alpha value is -3.59. The van der Waals surface area contributed by atoms with E-state index >= 15 is 0 Å². The molecule has 3 heteroatoms. The lowest BCUT2D eigenvalue weighted by Crippen LogP contribution is -2.18. The molecule has 0 aromatic heterocycles. The predicted octanol–water partition coefficient (Wildman–Crippen LogP) is 7.46. The summed E-state index contributed by atoms with van der Waals surface area (Å²) in [6, 6.07) is 30.3. The quantitative estimate of drug-likeness (QED) is 0.270. The van der Waals surface area contributed by atoms with E-state index < -0.39 is 12.2 Å². The van der Waals surface area contributed by atoms with Crippen molar-refractivity contribution in [2.24, 2.45) is 0 Å². The van der Waals surface area contributed by atoms with Gasteiger partial charge in [0.2, 0.25) is 0 Å². The van der Waals surface area contributed by atoms with Gasteiger partial charge < -0.3 is 9.47 Å². The molecule has 0 saturated heterocycles. The Kier molecular flexibility index (Phi) is 7.76. The van der Waals surface area contributed by atoms with Crippen molar-refractivity contribution >= 4 is 5.97 Å². The average Bonchev–Trinajstić information content (AvgIpc) is 3.33. The molecule has 168 valence electrons. The lowest BCUT2D eigenvalue weighted by Gasteiger charge is -2.27. The number of esters is 1. The fourth-order valence-electron chi connectivity index (χ4n) is 4.52. The molecular weight excluding hydrogens is 408 g/mol. The van der Waals surface area contributed by atoms with Crippen LogP contribution in [0.4, 0.5) is 0 Å². The molecule has 0 heterocycles. The molecule has 3 aromatic carbocycles. The molecule has 0 unspecified atom stereocenters. The summed E-state index contributed by atoms with van der Waals surface area (Å²) in [5, 5.41) is 0. The summed E-state index contributed by atoms with van der Waals surface area (Å²) in [6.45, 7) is 1.43. The van der Waals surface area contributed by atoms with Gasteiger partial charge in [-0.15, -0.1) is 0 Å². The third-order valence-corrected chi connectivity index (χ3v) is 6.05. The summed E-state index contributed by atoms with van der Waals surface area (Å²) in [7, 11) is 0. The number of ether oxygens (including phenoxy) is 2. The minimum absolute atomic E-state index is 0.337. The molecule has 0 N–H and O–H groups in total. The number of allylic oxidation sites excluding steroid dienone is 3. The Balaban J connectivity index is 1.56. The van der Waals surface area contributed by atoms with Crippen molar-refractivity contribution in [1.82, 2.24) is 0 Å². The van der Waals surface area contributed by atoms with E-state index in [-0.39, 0.29) is 5.97 Å². The summed E-state index contributed by atoms with van der Waals surface area (Å²) < 4.78 is 12.0. The monoisotopic (exact) mass is 438 g/mol. The molecule has 1 fully saturated rings. The van der Waals surface area contributed by atoms with Gasteiger partial charge in [-0.1, -0.05) is 103 Å². The maximum Gasteiger partial charge on any atom is 0.303 e. The van der Waals surface area contributed by atoms with Gasteiger partial charge in [0.25, 0.3) is 0 Å². The highest BCUT2D eigenvalue weighted by atomic mass is 16.6. The first kappa shape index (κ1) is 22.6. The van der Waals surface area contributed by atoms with Crippen LogP contribution in [-0.4, -0.2) is 5.97 Å². The van der Waals surface area contributed by atoms with Crippen LogP contribution in [0.25, 0.3) is 0 Å². The lowest BCUT2D eigenvalue weighted by molar-refractivity contribution is -0.153. The van der Waals surface area contributed by atoms with Gasteiger partial charge in [-0.05, 0) is 42.0 Å². The lowest BCUT2D eigenvalue weighted by atomic mass is 9.93. The summed E-state index contributed by atoms with van der Waals surface area (Å²) in [4.78, 5) is 11.9. The van der Waals surface area contributed by atoms with Gasteiger partial charge in [-0.2, -0.15) is 0 Å². The third kappa shape index (κ3) is 6.01. The van der Waals surface area contributed by atoms with Crippen LogP contribution in [0.5, 0.6) is 0 Å². The van der Waals surface area contributed by atoms with Gasteiger partial charge in [0, 0.05) is 12.8 Å². The van der Waals surface area contributed by atoms with Gasteiger partial charge in [-0.25, -0.2) is 0 Å². The Morgan fingerprint density at radius 2 is 1.42 bits per heavy atom. The van der Waals surface area contributed by atoms with Crippen molar-refractivity contribution in [2.75, 3.05) is 0 Å². The van der Waals surface area contributed by atoms with E-state index in [1.807, 2.05) is 66.7 Å². The minimum Gasteiger partial charge on any atom is -0.489 e. The zero-order chi connectivity index (χ0) is 22.9. The molecule has 0 radical (unpaired) electrons. The van der Waals surface area contributed by atoms with Gasteiger partial charge >= 0.3 is 5.97 Å². The number of hydrogen-bond acceptors (Lipinski definition) is 3. The molecule has 3 atom stereocenters. The van der Waals surface area contributed by atoms with E-state index in [9.17, 15) is 4.79 Å². The zero-order valence-corrected chi connectivity index (χ0v) is 19.0. The number of carbonyl (C=O) groups is 1. The fraction of sp³-hybridized carbons (Fsp3) is 0.233. The first-order chi connectivity index (χ1) is 16.2. The molecular formula is C30H30O3. The van der Waals surface area contributed by atoms with Crippen molar-refractivity contribution in [3.8, 4) is 0 Å². The highest BCUT2D eigenvalue weighted by Crippen LogP contribution is 2.39. The molecule has 33 heavy (non-hydrogen) atoms. The van der Waals surface area contributed by atoms with Crippen LogP contribution < -0.4 is 0 Å². The van der Waals surface area contributed by atoms with Gasteiger partial charge in [0.1, 0.15) is 0 Å². The number of benzene rings is 3. The second-order valence-corrected chi connectivity index (χ2v) is 8.33. The Labute approximate surface area is 196 Å². The zero-order valence-electron chi connectivity index (χ0n) is 19.0. The van der Waals surface area contributed by atoms with Crippen LogP contribution in [0.15, 0.2) is 115 Å². The van der Waals surface area contributed by atoms with E-state index in [4.69, 9.17) is 9.47 Å². The van der Waals surface area contributed by atoms with Crippen LogP contribution in [0.2, 0.25) is 0 Å². The Morgan fingerprint density at radius 3 is 2.03 bits per heavy atom. The molecule has 0 spiro atoms. The summed E-state index contributed by atoms with van der Waals surface area (Å²) in [5.41, 5.74) is 4.65. The van der Waals surface area contributed by atoms with E-state index in [0.717, 1.165) is 17.5 Å². The molecule has 0 bridgehead atoms. The van der Waals surface area contributed by atoms with Gasteiger partial charge in [0.15, 0.2) is 12.2 Å². The van der Waals surface area contributed by atoms with Crippen molar-refractivity contribution in [3.05, 3.63) is 132 Å². The highest BCUT2D eigenvalue weighted by molar-refractivity contribution is 5.66. The van der Waals surface area contributed by atoms with Crippen LogP contribution in [0, 0.1) is 0 Å². The molecule has 1 aliphatic carbocycles. The normalized spacial score (nSPS) is 18.8. The van der Waals surface area contributed by atoms with Crippen molar-refractivity contribution < 1.29 is 14.3 Å². The fourth-order valence-corrected chi connectivity index (χ4v) is 4.52. The number of rotatable bonds is 8. The summed E-state index contributed by atoms with van der Waals surface area (Å²) >= 11 is 0. The van der Waals surface area contributed by atoms with Crippen molar-refractivity contribution in [3.63, 3.8) is 0 Å². The van der Waals surface area contributed by atoms with Crippen LogP contribution >= 0.6 is 0 Å². The topological polar surface area (TPSA) is 35.5 Å². The second-order valence-electron chi connectivity index (χ2n) is 8.33. The number of carbonyl (C=O) groups excluding carboxylic acids is 1. The largest absolute Gasteiger partial charge is 0.489 e. The Bertz CT molecular complexity index is 1070. The maximum absolute atomic E-state index is 11.9. The molecule has 3 aromatic rings. The summed E-state index contributed by atoms with van der Waals surface area (Å²) in [6.07, 6.45) is 8.36. The highest BCUT2D eigenvalue weighted by Gasteiger charge is 2.28. The maximum atomic E-state index is 11.9. The van der Waals surface area contributed by atoms with E-state index in [0.29, 0.717) is 5.92 Å². The minimum atomic E-state index is -0.549. The van der Waals surface area contributed by atoms with E-state index in [1.165, 1.54) is 30.9 Å². The van der Waals surface area contributed by atoms with Gasteiger partial charge in [0.05, 0.1) is 6.26 Å². The second kappa shape index (κ2) is 11.3. The molecule has 0 amide bonds. The Morgan fingerprint density at radius 1 is 0.848 bits per heavy atom. The van der Waals surface area contributed by atoms with Gasteiger partial charge in [-0.3, -0.25) is 4.79 Å². The molecule has 4 rings (SSSR count). The standard InChI is InChI=1S/C30H30O3/c1-23(31)33-30(27-17-9-4-10-18-27)29(26-15-7-3-8-16-26)32-22-12-20-25-19-11-21-28(25)24-13-5-2-6-14-24/h2-10,12-18,20,22,28-30H,11,19,21H2,1H3/b22-12+,25-20+/t28-,29-,30-/m1/s1. The molecule has 3 nitrogen and oxygen atoms in total. The van der Waals surface area contributed by atoms with Crippen LogP contribution in [0.1, 0.15) is 61.0 Å². The summed E-state index contributed by atoms with van der Waals surface area (Å²) in [5.74, 6) is 0.134. The predicted molar refractivity (Wildman–Crippen MR) is 131 cm³/mol. The van der Waals surface area contributed by atoms with E-state index in [1.54, 1.807) is 6.26 Å². The van der Waals surface area contributed by atoms with Crippen molar-refractivity contribution in [2.45, 2.75) is 44.3 Å². The van der Waals surface area contributed by atoms with Crippen LogP contribution in [-0.2, 0) is 14.3 Å². The van der Waals surface area contributed by atoms with E-state index in [2.05, 4.69) is 36.4 Å². The smallest absolute Gasteiger partial charge is 0.303 e.